The van der Waals surface area contributed by atoms with E-state index in [4.69, 9.17) is 4.74 Å². The van der Waals surface area contributed by atoms with Crippen molar-refractivity contribution in [1.82, 2.24) is 4.57 Å². The summed E-state index contributed by atoms with van der Waals surface area (Å²) < 4.78 is 44.6. The van der Waals surface area contributed by atoms with Crippen LogP contribution >= 0.6 is 0 Å². The summed E-state index contributed by atoms with van der Waals surface area (Å²) in [5, 5.41) is 0. The molecule has 0 aromatic carbocycles. The van der Waals surface area contributed by atoms with Crippen LogP contribution in [-0.2, 0) is 17.5 Å². The zero-order chi connectivity index (χ0) is 14.0. The second-order valence-electron chi connectivity index (χ2n) is 4.82. The van der Waals surface area contributed by atoms with Crippen molar-refractivity contribution in [2.24, 2.45) is 0 Å². The molecule has 0 N–H and O–H groups in total. The third-order valence-electron chi connectivity index (χ3n) is 3.32. The van der Waals surface area contributed by atoms with Gasteiger partial charge in [0.2, 0.25) is 0 Å². The average molecular weight is 275 g/mol. The fourth-order valence-corrected chi connectivity index (χ4v) is 2.28. The maximum absolute atomic E-state index is 12.6. The van der Waals surface area contributed by atoms with Gasteiger partial charge in [-0.1, -0.05) is 0 Å². The number of rotatable bonds is 2. The summed E-state index contributed by atoms with van der Waals surface area (Å²) in [6, 6.07) is 1.65. The molecule has 0 bridgehead atoms. The van der Waals surface area contributed by atoms with Crippen molar-refractivity contribution in [1.29, 1.82) is 0 Å². The van der Waals surface area contributed by atoms with Gasteiger partial charge in [0.05, 0.1) is 18.2 Å². The van der Waals surface area contributed by atoms with Gasteiger partial charge < -0.3 is 9.30 Å². The standard InChI is InChI=1S/C13H16F3NO2/c1-9-6-10(13(14,15)16)7-12(18)17(9)8-11-4-2-3-5-19-11/h6-7,11H,2-5,8H2,1H3/t11-/m1/s1. The van der Waals surface area contributed by atoms with E-state index in [0.29, 0.717) is 24.9 Å². The molecule has 1 atom stereocenters. The number of nitrogens with zero attached hydrogens (tertiary/aromatic N) is 1. The lowest BCUT2D eigenvalue weighted by molar-refractivity contribution is -0.137. The van der Waals surface area contributed by atoms with Crippen LogP contribution in [0.15, 0.2) is 16.9 Å². The van der Waals surface area contributed by atoms with E-state index in [9.17, 15) is 18.0 Å². The van der Waals surface area contributed by atoms with Gasteiger partial charge in [-0.2, -0.15) is 13.2 Å². The van der Waals surface area contributed by atoms with Gasteiger partial charge in [-0.15, -0.1) is 0 Å². The number of halogens is 3. The molecular weight excluding hydrogens is 259 g/mol. The largest absolute Gasteiger partial charge is 0.416 e. The first kappa shape index (κ1) is 14.1. The molecule has 1 saturated heterocycles. The summed E-state index contributed by atoms with van der Waals surface area (Å²) in [6.07, 6.45) is -1.70. The minimum absolute atomic E-state index is 0.0816. The zero-order valence-electron chi connectivity index (χ0n) is 10.7. The van der Waals surface area contributed by atoms with E-state index in [1.807, 2.05) is 0 Å². The Kier molecular flexibility index (Phi) is 3.99. The van der Waals surface area contributed by atoms with Crippen LogP contribution in [0, 0.1) is 6.92 Å². The van der Waals surface area contributed by atoms with Gasteiger partial charge in [-0.25, -0.2) is 0 Å². The number of alkyl halides is 3. The molecule has 0 radical (unpaired) electrons. The van der Waals surface area contributed by atoms with Gasteiger partial charge in [0.25, 0.3) is 5.56 Å². The van der Waals surface area contributed by atoms with Crippen molar-refractivity contribution < 1.29 is 17.9 Å². The van der Waals surface area contributed by atoms with Crippen molar-refractivity contribution >= 4 is 0 Å². The van der Waals surface area contributed by atoms with Gasteiger partial charge in [0, 0.05) is 18.4 Å². The first-order chi connectivity index (χ1) is 8.88. The van der Waals surface area contributed by atoms with E-state index in [0.717, 1.165) is 25.3 Å². The van der Waals surface area contributed by atoms with E-state index >= 15 is 0 Å². The molecule has 19 heavy (non-hydrogen) atoms. The van der Waals surface area contributed by atoms with Crippen LogP contribution in [0.5, 0.6) is 0 Å². The summed E-state index contributed by atoms with van der Waals surface area (Å²) in [5.74, 6) is 0. The first-order valence-electron chi connectivity index (χ1n) is 6.28. The van der Waals surface area contributed by atoms with Crippen molar-refractivity contribution in [2.75, 3.05) is 6.61 Å². The van der Waals surface area contributed by atoms with Crippen LogP contribution in [-0.4, -0.2) is 17.3 Å². The fourth-order valence-electron chi connectivity index (χ4n) is 2.28. The summed E-state index contributed by atoms with van der Waals surface area (Å²) in [6.45, 7) is 2.49. The lowest BCUT2D eigenvalue weighted by Gasteiger charge is -2.24. The molecule has 0 unspecified atom stereocenters. The molecular formula is C13H16F3NO2. The predicted octanol–water partition coefficient (Wildman–Crippen LogP) is 2.74. The lowest BCUT2D eigenvalue weighted by Crippen LogP contribution is -2.32. The summed E-state index contributed by atoms with van der Waals surface area (Å²) in [7, 11) is 0. The molecule has 2 heterocycles. The van der Waals surface area contributed by atoms with Gasteiger partial charge in [0.15, 0.2) is 0 Å². The van der Waals surface area contributed by atoms with Gasteiger partial charge in [-0.3, -0.25) is 4.79 Å². The van der Waals surface area contributed by atoms with Gasteiger partial charge in [0.1, 0.15) is 0 Å². The maximum Gasteiger partial charge on any atom is 0.416 e. The highest BCUT2D eigenvalue weighted by atomic mass is 19.4. The Hall–Kier alpha value is -1.30. The quantitative estimate of drug-likeness (QED) is 0.831. The molecule has 0 aliphatic carbocycles. The smallest absolute Gasteiger partial charge is 0.376 e. The summed E-state index contributed by atoms with van der Waals surface area (Å²) in [4.78, 5) is 11.8. The Morgan fingerprint density at radius 3 is 2.63 bits per heavy atom. The minimum atomic E-state index is -4.48. The predicted molar refractivity (Wildman–Crippen MR) is 64.0 cm³/mol. The topological polar surface area (TPSA) is 31.2 Å². The Morgan fingerprint density at radius 2 is 2.11 bits per heavy atom. The van der Waals surface area contributed by atoms with E-state index in [2.05, 4.69) is 0 Å². The number of hydrogen-bond acceptors (Lipinski definition) is 2. The number of hydrogen-bond donors (Lipinski definition) is 0. The molecule has 1 fully saturated rings. The summed E-state index contributed by atoms with van der Waals surface area (Å²) >= 11 is 0. The molecule has 0 amide bonds. The lowest BCUT2D eigenvalue weighted by atomic mass is 10.1. The van der Waals surface area contributed by atoms with Crippen molar-refractivity contribution in [3.8, 4) is 0 Å². The maximum atomic E-state index is 12.6. The van der Waals surface area contributed by atoms with Crippen molar-refractivity contribution in [3.63, 3.8) is 0 Å². The first-order valence-corrected chi connectivity index (χ1v) is 6.28. The van der Waals surface area contributed by atoms with E-state index in [1.165, 1.54) is 11.5 Å². The van der Waals surface area contributed by atoms with Crippen LogP contribution in [0.4, 0.5) is 13.2 Å². The Balaban J connectivity index is 2.24. The van der Waals surface area contributed by atoms with Gasteiger partial charge in [-0.05, 0) is 32.3 Å². The molecule has 3 nitrogen and oxygen atoms in total. The highest BCUT2D eigenvalue weighted by Crippen LogP contribution is 2.28. The second kappa shape index (κ2) is 5.36. The van der Waals surface area contributed by atoms with Crippen molar-refractivity contribution in [2.45, 2.75) is 45.0 Å². The fraction of sp³-hybridized carbons (Fsp3) is 0.615. The molecule has 2 rings (SSSR count). The molecule has 1 aromatic rings. The number of aryl methyl sites for hydroxylation is 1. The molecule has 6 heteroatoms. The van der Waals surface area contributed by atoms with Crippen LogP contribution < -0.4 is 5.56 Å². The minimum Gasteiger partial charge on any atom is -0.376 e. The van der Waals surface area contributed by atoms with Crippen LogP contribution in [0.25, 0.3) is 0 Å². The second-order valence-corrected chi connectivity index (χ2v) is 4.82. The SMILES string of the molecule is Cc1cc(C(F)(F)F)cc(=O)n1C[C@H]1CCCCO1. The monoisotopic (exact) mass is 275 g/mol. The molecule has 0 saturated carbocycles. The Labute approximate surface area is 109 Å². The number of ether oxygens (including phenoxy) is 1. The highest BCUT2D eigenvalue weighted by Gasteiger charge is 2.31. The molecule has 1 aromatic heterocycles. The van der Waals surface area contributed by atoms with Gasteiger partial charge >= 0.3 is 6.18 Å². The van der Waals surface area contributed by atoms with Crippen LogP contribution in [0.1, 0.15) is 30.5 Å². The molecule has 106 valence electrons. The summed E-state index contributed by atoms with van der Waals surface area (Å²) in [5.41, 5.74) is -1.20. The average Bonchev–Trinajstić information content (AvgIpc) is 2.33. The van der Waals surface area contributed by atoms with Crippen LogP contribution in [0.2, 0.25) is 0 Å². The normalized spacial score (nSPS) is 20.5. The number of aromatic nitrogens is 1. The van der Waals surface area contributed by atoms with Crippen molar-refractivity contribution in [3.05, 3.63) is 33.7 Å². The molecule has 0 spiro atoms. The third kappa shape index (κ3) is 3.37. The van der Waals surface area contributed by atoms with E-state index < -0.39 is 17.3 Å². The molecule has 1 aliphatic heterocycles. The number of pyridine rings is 1. The zero-order valence-corrected chi connectivity index (χ0v) is 10.7. The third-order valence-corrected chi connectivity index (χ3v) is 3.32. The molecule has 1 aliphatic rings. The van der Waals surface area contributed by atoms with Crippen LogP contribution in [0.3, 0.4) is 0 Å². The Bertz CT molecular complexity index is 502. The highest BCUT2D eigenvalue weighted by molar-refractivity contribution is 5.20. The Morgan fingerprint density at radius 1 is 1.37 bits per heavy atom. The van der Waals surface area contributed by atoms with E-state index in [-0.39, 0.29) is 6.10 Å². The van der Waals surface area contributed by atoms with E-state index in [1.54, 1.807) is 0 Å².